The van der Waals surface area contributed by atoms with Crippen molar-refractivity contribution in [2.75, 3.05) is 58.2 Å². The summed E-state index contributed by atoms with van der Waals surface area (Å²) in [5.74, 6) is -0.584. The molecule has 7 rings (SSSR count). The van der Waals surface area contributed by atoms with Crippen LogP contribution in [0.4, 0.5) is 18.2 Å². The number of nitrogens with zero attached hydrogens (tertiary/aromatic N) is 5. The number of aliphatic hydroxyl groups is 1. The Hall–Kier alpha value is -1.74. The summed E-state index contributed by atoms with van der Waals surface area (Å²) in [5.41, 5.74) is 10.0. The summed E-state index contributed by atoms with van der Waals surface area (Å²) in [6, 6.07) is 5.51. The van der Waals surface area contributed by atoms with E-state index in [1.807, 2.05) is 13.8 Å². The Morgan fingerprint density at radius 2 is 1.89 bits per heavy atom. The summed E-state index contributed by atoms with van der Waals surface area (Å²) in [6.45, 7) is 12.0. The van der Waals surface area contributed by atoms with E-state index in [0.29, 0.717) is 60.6 Å². The summed E-state index contributed by atoms with van der Waals surface area (Å²) in [5, 5.41) is 19.9. The maximum Gasteiger partial charge on any atom is 1.00 e. The number of rotatable bonds is 14. The van der Waals surface area contributed by atoms with Gasteiger partial charge in [-0.15, -0.1) is 28.5 Å². The minimum absolute atomic E-state index is 0. The number of fused-ring (bicyclic) bond motifs is 3. The molecule has 0 radical (unpaired) electrons. The molecule has 3 N–H and O–H groups in total. The van der Waals surface area contributed by atoms with Gasteiger partial charge in [0.25, 0.3) is 0 Å². The number of likely N-dealkylation sites (tertiary alicyclic amines) is 2. The maximum absolute atomic E-state index is 17.1. The van der Waals surface area contributed by atoms with Gasteiger partial charge in [0.1, 0.15) is 23.1 Å². The second kappa shape index (κ2) is 17.8. The molecule has 1 aromatic carbocycles. The van der Waals surface area contributed by atoms with Gasteiger partial charge in [-0.1, -0.05) is 29.7 Å². The largest absolute Gasteiger partial charge is 1.00 e. The molecule has 2 aromatic rings. The fraction of sp³-hybridized carbons (Fsp3) is 0.575. The maximum atomic E-state index is 17.1. The molecule has 9 nitrogen and oxygen atoms in total. The number of anilines is 1. The van der Waals surface area contributed by atoms with Crippen molar-refractivity contribution in [3.63, 3.8) is 0 Å². The molecule has 1 aromatic heterocycles. The van der Waals surface area contributed by atoms with Gasteiger partial charge in [0.15, 0.2) is 0 Å². The Morgan fingerprint density at radius 1 is 1.19 bits per heavy atom. The van der Waals surface area contributed by atoms with E-state index < -0.39 is 17.8 Å². The van der Waals surface area contributed by atoms with Crippen molar-refractivity contribution < 1.29 is 79.1 Å². The first-order chi connectivity index (χ1) is 25.6. The van der Waals surface area contributed by atoms with Gasteiger partial charge in [0.2, 0.25) is 0 Å². The number of nitrogen functional groups attached to an aromatic ring is 1. The molecule has 2 bridgehead atoms. The molecule has 2 atom stereocenters. The number of allylic oxidation sites excluding steroid dienone is 2. The van der Waals surface area contributed by atoms with Crippen molar-refractivity contribution >= 4 is 33.6 Å². The van der Waals surface area contributed by atoms with E-state index in [2.05, 4.69) is 26.8 Å². The van der Waals surface area contributed by atoms with E-state index in [0.717, 1.165) is 74.3 Å². The van der Waals surface area contributed by atoms with E-state index in [1.54, 1.807) is 6.92 Å². The third-order valence-electron chi connectivity index (χ3n) is 11.6. The average molecular weight is 790 g/mol. The van der Waals surface area contributed by atoms with Gasteiger partial charge in [-0.05, 0) is 70.5 Å². The fourth-order valence-corrected chi connectivity index (χ4v) is 9.53. The number of benzene rings is 1. The van der Waals surface area contributed by atoms with Crippen molar-refractivity contribution in [1.29, 1.82) is 5.26 Å². The molecule has 14 heteroatoms. The minimum atomic E-state index is -0.746. The van der Waals surface area contributed by atoms with E-state index in [4.69, 9.17) is 20.2 Å². The van der Waals surface area contributed by atoms with Gasteiger partial charge in [0.05, 0.1) is 17.0 Å². The van der Waals surface area contributed by atoms with E-state index >= 15 is 8.78 Å². The average Bonchev–Trinajstić information content (AvgIpc) is 3.43. The number of halogens is 3. The van der Waals surface area contributed by atoms with E-state index in [1.165, 1.54) is 12.8 Å². The smallest absolute Gasteiger partial charge is 0.427 e. The molecule has 286 valence electrons. The van der Waals surface area contributed by atoms with Crippen molar-refractivity contribution in [3.05, 3.63) is 68.5 Å². The van der Waals surface area contributed by atoms with Crippen LogP contribution in [0.15, 0.2) is 16.6 Å². The van der Waals surface area contributed by atoms with Crippen LogP contribution < -0.4 is 57.1 Å². The van der Waals surface area contributed by atoms with Crippen LogP contribution in [0.3, 0.4) is 0 Å². The minimum Gasteiger partial charge on any atom is -0.427 e. The number of nitriles is 1. The monoisotopic (exact) mass is 789 g/mol. The van der Waals surface area contributed by atoms with Crippen LogP contribution in [0.5, 0.6) is 0 Å². The number of aliphatic hydroxyl groups excluding tert-OH is 1. The van der Waals surface area contributed by atoms with Crippen molar-refractivity contribution in [2.24, 2.45) is 10.4 Å². The number of alkyl halides is 1. The Labute approximate surface area is 363 Å². The molecule has 5 aliphatic rings. The Bertz CT molecular complexity index is 1840. The van der Waals surface area contributed by atoms with Crippen LogP contribution in [0.1, 0.15) is 97.6 Å². The normalized spacial score (nSPS) is 23.1. The number of hydrogen-bond acceptors (Lipinski definition) is 9. The summed E-state index contributed by atoms with van der Waals surface area (Å²) < 4.78 is 58.2. The number of piperazine rings is 1. The fourth-order valence-electron chi connectivity index (χ4n) is 8.54. The van der Waals surface area contributed by atoms with Crippen LogP contribution in [0, 0.1) is 35.4 Å². The van der Waals surface area contributed by atoms with E-state index in [-0.39, 0.29) is 110 Å². The molecule has 2 unspecified atom stereocenters. The zero-order valence-electron chi connectivity index (χ0n) is 31.8. The van der Waals surface area contributed by atoms with E-state index in [9.17, 15) is 14.8 Å². The van der Waals surface area contributed by atoms with Crippen LogP contribution in [0.25, 0.3) is 11.4 Å². The summed E-state index contributed by atoms with van der Waals surface area (Å²) in [6.07, 6.45) is 5.75. The second-order valence-corrected chi connectivity index (χ2v) is 16.3. The van der Waals surface area contributed by atoms with Gasteiger partial charge in [-0.3, -0.25) is 9.80 Å². The first-order valence-corrected chi connectivity index (χ1v) is 19.6. The van der Waals surface area contributed by atoms with Crippen LogP contribution in [-0.2, 0) is 22.7 Å². The van der Waals surface area contributed by atoms with Gasteiger partial charge >= 0.3 is 51.4 Å². The summed E-state index contributed by atoms with van der Waals surface area (Å²) >= 11 is 0.985. The third kappa shape index (κ3) is 8.29. The number of amidine groups is 1. The standard InChI is InChI=1S/C40H49F3N6O3S.K/c1-4-24(3)34(36-29(14-44)38(45)53-37(36)32(42)5-2)35-31-20-51-19-30(31)28(13-33(35)43)39(49-26-7-8-27(49)18-47(17-26)11-6-12-50)46-23-52-22-40(9-10-40)21-48-15-25(41)16-48;/h5,23,25-27,50H,4,6-12,15-22,45H2,1-3H3;/q-2;+1/b32-5+,34-24+,46-39+;. The Balaban J connectivity index is 0.00000497. The van der Waals surface area contributed by atoms with Crippen LogP contribution in [-0.4, -0.2) is 96.4 Å². The topological polar surface area (TPSA) is 111 Å². The van der Waals surface area contributed by atoms with Gasteiger partial charge in [-0.2, -0.15) is 5.26 Å². The summed E-state index contributed by atoms with van der Waals surface area (Å²) in [7, 11) is 0. The predicted molar refractivity (Wildman–Crippen MR) is 201 cm³/mol. The molecular weight excluding hydrogens is 741 g/mol. The molecule has 3 saturated heterocycles. The first kappa shape index (κ1) is 41.9. The number of aliphatic imine (C=N–C) groups is 1. The predicted octanol–water partition coefficient (Wildman–Crippen LogP) is 3.58. The second-order valence-electron chi connectivity index (χ2n) is 15.2. The van der Waals surface area contributed by atoms with Crippen molar-refractivity contribution in [3.8, 4) is 6.07 Å². The molecule has 4 aliphatic heterocycles. The molecule has 5 heterocycles. The molecular formula is C40H49F3KN6O3S-. The van der Waals surface area contributed by atoms with Gasteiger partial charge in [-0.25, -0.2) is 13.2 Å². The number of hydrogen-bond donors (Lipinski definition) is 2. The Morgan fingerprint density at radius 3 is 2.50 bits per heavy atom. The molecule has 1 saturated carbocycles. The van der Waals surface area contributed by atoms with Gasteiger partial charge in [0, 0.05) is 88.0 Å². The zero-order chi connectivity index (χ0) is 37.4. The molecule has 0 spiro atoms. The molecule has 1 aliphatic carbocycles. The number of thiophene rings is 1. The Kier molecular flexibility index (Phi) is 13.8. The molecule has 54 heavy (non-hydrogen) atoms. The quantitative estimate of drug-likeness (QED) is 0.0984. The van der Waals surface area contributed by atoms with Gasteiger partial charge < -0.3 is 30.2 Å². The first-order valence-electron chi connectivity index (χ1n) is 18.8. The number of nitrogens with two attached hydrogens (primary N) is 1. The van der Waals surface area contributed by atoms with Crippen molar-refractivity contribution in [2.45, 2.75) is 90.8 Å². The van der Waals surface area contributed by atoms with Crippen LogP contribution >= 0.6 is 11.3 Å². The van der Waals surface area contributed by atoms with Crippen LogP contribution in [0.2, 0.25) is 0 Å². The SMILES string of the molecule is C/C=C(/F)c1sc(N)c(C#N)c1/C(=C(\C)CC)c1c(F)[c-]c(/C(=N\[CH-]OCC2(CN3CC(F)C3)CC2)N2C3CCC2CN(CCCO)C3)c2c1COC2.[K+]. The molecule has 0 amide bonds. The zero-order valence-corrected chi connectivity index (χ0v) is 35.8. The van der Waals surface area contributed by atoms with Crippen molar-refractivity contribution in [1.82, 2.24) is 14.7 Å². The summed E-state index contributed by atoms with van der Waals surface area (Å²) in [4.78, 5) is 12.0. The number of ether oxygens (including phenoxy) is 2. The molecule has 4 fully saturated rings. The third-order valence-corrected chi connectivity index (χ3v) is 12.6.